The van der Waals surface area contributed by atoms with Gasteiger partial charge in [-0.05, 0) is 38.0 Å². The normalized spacial score (nSPS) is 17.6. The van der Waals surface area contributed by atoms with Gasteiger partial charge in [-0.25, -0.2) is 13.1 Å². The first-order valence-electron chi connectivity index (χ1n) is 9.58. The Bertz CT molecular complexity index is 964. The Morgan fingerprint density at radius 2 is 1.93 bits per heavy atom. The van der Waals surface area contributed by atoms with Crippen LogP contribution in [0.5, 0.6) is 0 Å². The molecule has 0 amide bonds. The molecule has 2 N–H and O–H groups in total. The Kier molecular flexibility index (Phi) is 6.51. The minimum absolute atomic E-state index is 0.0636. The van der Waals surface area contributed by atoms with Gasteiger partial charge in [-0.1, -0.05) is 30.3 Å². The average molecular weight is 419 g/mol. The number of sulfonamides is 1. The van der Waals surface area contributed by atoms with E-state index in [0.717, 1.165) is 32.1 Å². The fourth-order valence-electron chi connectivity index (χ4n) is 3.49. The first-order valence-corrected chi connectivity index (χ1v) is 11.1. The number of nitro groups is 1. The number of benzene rings is 2. The van der Waals surface area contributed by atoms with Gasteiger partial charge in [-0.15, -0.1) is 0 Å². The van der Waals surface area contributed by atoms with E-state index in [2.05, 4.69) is 27.1 Å². The number of nitrogens with one attached hydrogen (secondary N) is 2. The van der Waals surface area contributed by atoms with E-state index in [4.69, 9.17) is 0 Å². The highest BCUT2D eigenvalue weighted by atomic mass is 32.2. The standard InChI is InChI=1S/C20H26N4O4S/c1-15(2)22-29(27,28)18-8-9-19(20(12-18)24(25)26)21-17-10-11-23(14-17)13-16-6-4-3-5-7-16/h3-9,12,15,17,21-22H,10-11,13-14H2,1-2H3/t17-/m0/s1. The van der Waals surface area contributed by atoms with Crippen LogP contribution in [0.1, 0.15) is 25.8 Å². The lowest BCUT2D eigenvalue weighted by molar-refractivity contribution is -0.384. The van der Waals surface area contributed by atoms with Crippen molar-refractivity contribution in [3.8, 4) is 0 Å². The third-order valence-corrected chi connectivity index (χ3v) is 6.40. The van der Waals surface area contributed by atoms with Crippen molar-refractivity contribution in [1.29, 1.82) is 0 Å². The molecule has 8 nitrogen and oxygen atoms in total. The van der Waals surface area contributed by atoms with Gasteiger partial charge in [0, 0.05) is 37.8 Å². The Morgan fingerprint density at radius 3 is 2.59 bits per heavy atom. The van der Waals surface area contributed by atoms with Crippen molar-refractivity contribution in [2.45, 2.75) is 43.8 Å². The molecular weight excluding hydrogens is 392 g/mol. The molecule has 2 aromatic rings. The molecule has 0 bridgehead atoms. The van der Waals surface area contributed by atoms with Crippen molar-refractivity contribution in [1.82, 2.24) is 9.62 Å². The molecule has 0 spiro atoms. The summed E-state index contributed by atoms with van der Waals surface area (Å²) in [5.41, 5.74) is 1.33. The molecular formula is C20H26N4O4S. The summed E-state index contributed by atoms with van der Waals surface area (Å²) < 4.78 is 27.1. The number of nitrogens with zero attached hydrogens (tertiary/aromatic N) is 2. The Balaban J connectivity index is 1.71. The van der Waals surface area contributed by atoms with E-state index in [1.54, 1.807) is 13.8 Å². The van der Waals surface area contributed by atoms with Crippen molar-refractivity contribution in [2.24, 2.45) is 0 Å². The van der Waals surface area contributed by atoms with Gasteiger partial charge in [-0.2, -0.15) is 0 Å². The van der Waals surface area contributed by atoms with Gasteiger partial charge in [-0.3, -0.25) is 15.0 Å². The maximum atomic E-state index is 12.3. The fourth-order valence-corrected chi connectivity index (χ4v) is 4.76. The number of hydrogen-bond acceptors (Lipinski definition) is 6. The van der Waals surface area contributed by atoms with Crippen LogP contribution in [0.15, 0.2) is 53.4 Å². The molecule has 1 aliphatic heterocycles. The minimum Gasteiger partial charge on any atom is -0.375 e. The predicted octanol–water partition coefficient (Wildman–Crippen LogP) is 2.97. The lowest BCUT2D eigenvalue weighted by Crippen LogP contribution is -2.30. The molecule has 156 valence electrons. The molecule has 0 aromatic heterocycles. The highest BCUT2D eigenvalue weighted by Gasteiger charge is 2.26. The zero-order chi connectivity index (χ0) is 21.0. The lowest BCUT2D eigenvalue weighted by atomic mass is 10.2. The first-order chi connectivity index (χ1) is 13.7. The summed E-state index contributed by atoms with van der Waals surface area (Å²) in [6, 6.07) is 13.9. The maximum absolute atomic E-state index is 12.3. The molecule has 0 aliphatic carbocycles. The van der Waals surface area contributed by atoms with E-state index < -0.39 is 14.9 Å². The Hall–Kier alpha value is -2.49. The van der Waals surface area contributed by atoms with Crippen LogP contribution in [-0.4, -0.2) is 43.4 Å². The topological polar surface area (TPSA) is 105 Å². The fraction of sp³-hybridized carbons (Fsp3) is 0.400. The molecule has 1 heterocycles. The second-order valence-electron chi connectivity index (χ2n) is 7.56. The molecule has 29 heavy (non-hydrogen) atoms. The second-order valence-corrected chi connectivity index (χ2v) is 9.28. The summed E-state index contributed by atoms with van der Waals surface area (Å²) in [6.07, 6.45) is 0.860. The van der Waals surface area contributed by atoms with E-state index in [-0.39, 0.29) is 22.7 Å². The molecule has 0 saturated carbocycles. The third-order valence-electron chi connectivity index (χ3n) is 4.75. The van der Waals surface area contributed by atoms with E-state index in [0.29, 0.717) is 5.69 Å². The van der Waals surface area contributed by atoms with E-state index in [1.807, 2.05) is 18.2 Å². The third kappa shape index (κ3) is 5.53. The van der Waals surface area contributed by atoms with Gasteiger partial charge >= 0.3 is 0 Å². The zero-order valence-electron chi connectivity index (χ0n) is 16.5. The molecule has 9 heteroatoms. The molecule has 1 saturated heterocycles. The van der Waals surface area contributed by atoms with E-state index >= 15 is 0 Å². The van der Waals surface area contributed by atoms with Gasteiger partial charge in [0.05, 0.1) is 9.82 Å². The SMILES string of the molecule is CC(C)NS(=O)(=O)c1ccc(N[C@H]2CCN(Cc3ccccc3)C2)c([N+](=O)[O-])c1. The molecule has 1 fully saturated rings. The van der Waals surface area contributed by atoms with E-state index in [1.165, 1.54) is 17.7 Å². The summed E-state index contributed by atoms with van der Waals surface area (Å²) in [6.45, 7) is 5.89. The smallest absolute Gasteiger partial charge is 0.293 e. The summed E-state index contributed by atoms with van der Waals surface area (Å²) in [5.74, 6) is 0. The highest BCUT2D eigenvalue weighted by molar-refractivity contribution is 7.89. The highest BCUT2D eigenvalue weighted by Crippen LogP contribution is 2.29. The monoisotopic (exact) mass is 418 g/mol. The van der Waals surface area contributed by atoms with Crippen LogP contribution < -0.4 is 10.0 Å². The summed E-state index contributed by atoms with van der Waals surface area (Å²) in [4.78, 5) is 13.2. The summed E-state index contributed by atoms with van der Waals surface area (Å²) >= 11 is 0. The summed E-state index contributed by atoms with van der Waals surface area (Å²) in [7, 11) is -3.79. The van der Waals surface area contributed by atoms with Crippen molar-refractivity contribution in [3.63, 3.8) is 0 Å². The molecule has 0 unspecified atom stereocenters. The predicted molar refractivity (Wildman–Crippen MR) is 112 cm³/mol. The number of anilines is 1. The quantitative estimate of drug-likeness (QED) is 0.504. The molecule has 1 atom stereocenters. The van der Waals surface area contributed by atoms with Gasteiger partial charge in [0.25, 0.3) is 5.69 Å². The van der Waals surface area contributed by atoms with Crippen LogP contribution in [0.25, 0.3) is 0 Å². The lowest BCUT2D eigenvalue weighted by Gasteiger charge is -2.18. The van der Waals surface area contributed by atoms with Gasteiger partial charge in [0.2, 0.25) is 10.0 Å². The summed E-state index contributed by atoms with van der Waals surface area (Å²) in [5, 5.41) is 14.8. The van der Waals surface area contributed by atoms with Gasteiger partial charge in [0.1, 0.15) is 5.69 Å². The van der Waals surface area contributed by atoms with Gasteiger partial charge in [0.15, 0.2) is 0 Å². The van der Waals surface area contributed by atoms with Crippen molar-refractivity contribution in [3.05, 3.63) is 64.2 Å². The minimum atomic E-state index is -3.79. The molecule has 3 rings (SSSR count). The van der Waals surface area contributed by atoms with Crippen LogP contribution in [0.2, 0.25) is 0 Å². The molecule has 2 aromatic carbocycles. The first kappa shape index (κ1) is 21.2. The van der Waals surface area contributed by atoms with Crippen LogP contribution >= 0.6 is 0 Å². The van der Waals surface area contributed by atoms with Gasteiger partial charge < -0.3 is 5.32 Å². The van der Waals surface area contributed by atoms with Crippen LogP contribution in [0, 0.1) is 10.1 Å². The number of hydrogen-bond donors (Lipinski definition) is 2. The number of rotatable bonds is 8. The number of nitro benzene ring substituents is 1. The molecule has 0 radical (unpaired) electrons. The van der Waals surface area contributed by atoms with Crippen LogP contribution in [0.4, 0.5) is 11.4 Å². The Morgan fingerprint density at radius 1 is 1.21 bits per heavy atom. The number of likely N-dealkylation sites (tertiary alicyclic amines) is 1. The van der Waals surface area contributed by atoms with Crippen LogP contribution in [0.3, 0.4) is 0 Å². The van der Waals surface area contributed by atoms with Crippen molar-refractivity contribution >= 4 is 21.4 Å². The maximum Gasteiger partial charge on any atom is 0.293 e. The second kappa shape index (κ2) is 8.89. The van der Waals surface area contributed by atoms with E-state index in [9.17, 15) is 18.5 Å². The average Bonchev–Trinajstić information content (AvgIpc) is 3.08. The largest absolute Gasteiger partial charge is 0.375 e. The van der Waals surface area contributed by atoms with Crippen LogP contribution in [-0.2, 0) is 16.6 Å². The van der Waals surface area contributed by atoms with Crippen molar-refractivity contribution < 1.29 is 13.3 Å². The Labute approximate surface area is 171 Å². The van der Waals surface area contributed by atoms with Crippen molar-refractivity contribution in [2.75, 3.05) is 18.4 Å². The molecule has 1 aliphatic rings. The zero-order valence-corrected chi connectivity index (χ0v) is 17.4.